The van der Waals surface area contributed by atoms with Crippen molar-refractivity contribution < 1.29 is 27.9 Å². The third kappa shape index (κ3) is 5.52. The number of benzene rings is 1. The summed E-state index contributed by atoms with van der Waals surface area (Å²) < 4.78 is 39.9. The molecular weight excluding hydrogens is 493 g/mol. The second-order valence-corrected chi connectivity index (χ2v) is 10.6. The Morgan fingerprint density at radius 2 is 1.78 bits per heavy atom. The van der Waals surface area contributed by atoms with E-state index in [-0.39, 0.29) is 29.1 Å². The molecule has 4 rings (SSSR count). The van der Waals surface area contributed by atoms with E-state index < -0.39 is 23.4 Å². The molecule has 2 heterocycles. The second kappa shape index (κ2) is 9.78. The number of hydrogen-bond acceptors (Lipinski definition) is 6. The van der Waals surface area contributed by atoms with Crippen LogP contribution in [0.4, 0.5) is 18.9 Å². The van der Waals surface area contributed by atoms with Crippen LogP contribution in [0.5, 0.6) is 0 Å². The summed E-state index contributed by atoms with van der Waals surface area (Å²) >= 11 is 1.47. The van der Waals surface area contributed by atoms with E-state index in [2.05, 4.69) is 15.6 Å². The van der Waals surface area contributed by atoms with Crippen molar-refractivity contribution in [1.29, 1.82) is 0 Å². The summed E-state index contributed by atoms with van der Waals surface area (Å²) in [5, 5.41) is 17.0. The summed E-state index contributed by atoms with van der Waals surface area (Å²) in [7, 11) is 1.64. The molecule has 0 unspecified atom stereocenters. The Kier molecular flexibility index (Phi) is 7.07. The van der Waals surface area contributed by atoms with E-state index in [0.29, 0.717) is 11.1 Å². The number of thiazole rings is 1. The van der Waals surface area contributed by atoms with Gasteiger partial charge in [-0.1, -0.05) is 6.07 Å². The molecule has 7 nitrogen and oxygen atoms in total. The van der Waals surface area contributed by atoms with Gasteiger partial charge in [0, 0.05) is 30.1 Å². The number of rotatable bonds is 5. The summed E-state index contributed by atoms with van der Waals surface area (Å²) in [6.07, 6.45) is -1.45. The third-order valence-corrected chi connectivity index (χ3v) is 7.60. The summed E-state index contributed by atoms with van der Waals surface area (Å²) in [4.78, 5) is 33.0. The molecule has 2 aromatic heterocycles. The van der Waals surface area contributed by atoms with Crippen molar-refractivity contribution in [2.24, 2.45) is 5.92 Å². The van der Waals surface area contributed by atoms with E-state index in [9.17, 15) is 27.9 Å². The third-order valence-electron chi connectivity index (χ3n) is 6.42. The quantitative estimate of drug-likeness (QED) is 0.429. The van der Waals surface area contributed by atoms with Crippen LogP contribution < -0.4 is 10.6 Å². The summed E-state index contributed by atoms with van der Waals surface area (Å²) in [6, 6.07) is 6.50. The van der Waals surface area contributed by atoms with Gasteiger partial charge in [-0.2, -0.15) is 13.2 Å². The number of aliphatic hydroxyl groups is 1. The van der Waals surface area contributed by atoms with Crippen molar-refractivity contribution in [2.45, 2.75) is 57.2 Å². The maximum absolute atomic E-state index is 13.0. The molecule has 1 aliphatic carbocycles. The Hall–Kier alpha value is -3.05. The van der Waals surface area contributed by atoms with Crippen LogP contribution >= 0.6 is 11.3 Å². The summed E-state index contributed by atoms with van der Waals surface area (Å²) in [6.45, 7) is 3.11. The van der Waals surface area contributed by atoms with Gasteiger partial charge in [0.25, 0.3) is 5.91 Å². The van der Waals surface area contributed by atoms with Gasteiger partial charge >= 0.3 is 6.18 Å². The zero-order valence-corrected chi connectivity index (χ0v) is 20.9. The van der Waals surface area contributed by atoms with Gasteiger partial charge in [0.2, 0.25) is 5.91 Å². The van der Waals surface area contributed by atoms with Crippen LogP contribution in [0.15, 0.2) is 30.3 Å². The Morgan fingerprint density at radius 1 is 1.08 bits per heavy atom. The molecule has 0 saturated heterocycles. The first-order valence-corrected chi connectivity index (χ1v) is 12.4. The fourth-order valence-corrected chi connectivity index (χ4v) is 5.65. The van der Waals surface area contributed by atoms with Crippen LogP contribution in [0.2, 0.25) is 0 Å². The van der Waals surface area contributed by atoms with Crippen LogP contribution in [-0.2, 0) is 16.6 Å². The summed E-state index contributed by atoms with van der Waals surface area (Å²) in [5.74, 6) is -0.540. The predicted molar refractivity (Wildman–Crippen MR) is 131 cm³/mol. The van der Waals surface area contributed by atoms with Crippen molar-refractivity contribution in [3.8, 4) is 0 Å². The minimum absolute atomic E-state index is 0.00805. The highest BCUT2D eigenvalue weighted by Crippen LogP contribution is 2.41. The van der Waals surface area contributed by atoms with Crippen LogP contribution in [0.1, 0.15) is 72.2 Å². The van der Waals surface area contributed by atoms with Crippen LogP contribution in [0.3, 0.4) is 0 Å². The van der Waals surface area contributed by atoms with Crippen molar-refractivity contribution in [3.63, 3.8) is 0 Å². The van der Waals surface area contributed by atoms with E-state index in [1.54, 1.807) is 33.0 Å². The number of amides is 2. The zero-order valence-electron chi connectivity index (χ0n) is 20.1. The smallest absolute Gasteiger partial charge is 0.386 e. The Balaban J connectivity index is 1.62. The number of hydrogen-bond donors (Lipinski definition) is 3. The maximum Gasteiger partial charge on any atom is 0.433 e. The van der Waals surface area contributed by atoms with Crippen molar-refractivity contribution >= 4 is 39.1 Å². The van der Waals surface area contributed by atoms with Crippen molar-refractivity contribution in [1.82, 2.24) is 15.3 Å². The predicted octanol–water partition coefficient (Wildman–Crippen LogP) is 5.21. The number of aromatic nitrogens is 2. The van der Waals surface area contributed by atoms with Crippen LogP contribution in [-0.4, -0.2) is 33.9 Å². The molecule has 0 bridgehead atoms. The lowest BCUT2D eigenvalue weighted by Gasteiger charge is -2.25. The average molecular weight is 521 g/mol. The minimum Gasteiger partial charge on any atom is -0.386 e. The highest BCUT2D eigenvalue weighted by molar-refractivity contribution is 7.18. The zero-order chi connectivity index (χ0) is 26.3. The van der Waals surface area contributed by atoms with Crippen molar-refractivity contribution in [2.75, 3.05) is 12.4 Å². The van der Waals surface area contributed by atoms with Gasteiger partial charge in [-0.3, -0.25) is 9.59 Å². The molecule has 1 saturated carbocycles. The van der Waals surface area contributed by atoms with Gasteiger partial charge in [0.05, 0.1) is 20.8 Å². The van der Waals surface area contributed by atoms with Gasteiger partial charge in [0.15, 0.2) is 0 Å². The fourth-order valence-electron chi connectivity index (χ4n) is 4.49. The SMILES string of the molecule is CNC(=O)C1CCC(c2nc3cc(C(C)(C)O)c(NC(=O)c4cccc(C(F)(F)F)n4)cc3s2)CC1. The first-order valence-electron chi connectivity index (χ1n) is 11.6. The average Bonchev–Trinajstić information content (AvgIpc) is 3.25. The van der Waals surface area contributed by atoms with Gasteiger partial charge in [0.1, 0.15) is 11.4 Å². The molecule has 3 aromatic rings. The molecule has 36 heavy (non-hydrogen) atoms. The van der Waals surface area contributed by atoms with E-state index in [1.165, 1.54) is 17.4 Å². The number of nitrogens with zero attached hydrogens (tertiary/aromatic N) is 2. The molecule has 3 N–H and O–H groups in total. The lowest BCUT2D eigenvalue weighted by molar-refractivity contribution is -0.141. The molecule has 1 fully saturated rings. The monoisotopic (exact) mass is 520 g/mol. The topological polar surface area (TPSA) is 104 Å². The number of alkyl halides is 3. The molecular formula is C25H27F3N4O3S. The van der Waals surface area contributed by atoms with E-state index in [0.717, 1.165) is 47.5 Å². The number of pyridine rings is 1. The maximum atomic E-state index is 13.0. The van der Waals surface area contributed by atoms with Gasteiger partial charge in [-0.05, 0) is 63.8 Å². The normalized spacial score (nSPS) is 18.8. The van der Waals surface area contributed by atoms with E-state index >= 15 is 0 Å². The standard InChI is InChI=1S/C25H27F3N4O3S/c1-24(2,35)15-11-18-19(36-23(32-18)14-9-7-13(8-10-14)21(33)29-3)12-17(15)31-22(34)16-5-4-6-20(30-16)25(26,27)28/h4-6,11-14,35H,7-10H2,1-3H3,(H,29,33)(H,31,34). The highest BCUT2D eigenvalue weighted by Gasteiger charge is 2.33. The molecule has 192 valence electrons. The molecule has 2 amide bonds. The molecule has 11 heteroatoms. The van der Waals surface area contributed by atoms with Gasteiger partial charge < -0.3 is 15.7 Å². The van der Waals surface area contributed by atoms with Crippen LogP contribution in [0.25, 0.3) is 10.2 Å². The van der Waals surface area contributed by atoms with Gasteiger partial charge in [-0.15, -0.1) is 11.3 Å². The number of carbonyl (C=O) groups is 2. The number of carbonyl (C=O) groups excluding carboxylic acids is 2. The molecule has 0 aliphatic heterocycles. The molecule has 0 atom stereocenters. The molecule has 0 radical (unpaired) electrons. The molecule has 1 aromatic carbocycles. The molecule has 1 aliphatic rings. The summed E-state index contributed by atoms with van der Waals surface area (Å²) in [5.41, 5.74) is -1.58. The molecule has 0 spiro atoms. The first-order chi connectivity index (χ1) is 16.9. The lowest BCUT2D eigenvalue weighted by Crippen LogP contribution is -2.30. The number of halogens is 3. The fraction of sp³-hybridized carbons (Fsp3) is 0.440. The number of anilines is 1. The number of fused-ring (bicyclic) bond motifs is 1. The largest absolute Gasteiger partial charge is 0.433 e. The first kappa shape index (κ1) is 26.0. The van der Waals surface area contributed by atoms with Gasteiger partial charge in [-0.25, -0.2) is 9.97 Å². The van der Waals surface area contributed by atoms with Crippen LogP contribution in [0, 0.1) is 5.92 Å². The highest BCUT2D eigenvalue weighted by atomic mass is 32.1. The van der Waals surface area contributed by atoms with Crippen molar-refractivity contribution in [3.05, 3.63) is 52.3 Å². The second-order valence-electron chi connectivity index (χ2n) is 9.50. The lowest BCUT2D eigenvalue weighted by atomic mass is 9.82. The Morgan fingerprint density at radius 3 is 2.39 bits per heavy atom. The minimum atomic E-state index is -4.67. The van der Waals surface area contributed by atoms with E-state index in [4.69, 9.17) is 4.98 Å². The Bertz CT molecular complexity index is 1290. The van der Waals surface area contributed by atoms with E-state index in [1.807, 2.05) is 0 Å². The number of nitrogens with one attached hydrogen (secondary N) is 2. The Labute approximate surface area is 210 Å².